The van der Waals surface area contributed by atoms with Crippen LogP contribution >= 0.6 is 34.5 Å². The van der Waals surface area contributed by atoms with Crippen molar-refractivity contribution in [2.24, 2.45) is 0 Å². The van der Waals surface area contributed by atoms with Crippen molar-refractivity contribution < 1.29 is 4.79 Å². The van der Waals surface area contributed by atoms with E-state index in [1.807, 2.05) is 5.38 Å². The number of hydrogen-bond donors (Lipinski definition) is 0. The van der Waals surface area contributed by atoms with E-state index in [0.717, 1.165) is 5.69 Å². The van der Waals surface area contributed by atoms with Crippen LogP contribution in [-0.2, 0) is 6.54 Å². The number of carbonyl (C=O) groups is 1. The average Bonchev–Trinajstić information content (AvgIpc) is 2.84. The zero-order valence-corrected chi connectivity index (χ0v) is 11.8. The van der Waals surface area contributed by atoms with Gasteiger partial charge in [-0.1, -0.05) is 23.2 Å². The number of nitrogens with zero attached hydrogens (tertiary/aromatic N) is 3. The van der Waals surface area contributed by atoms with Crippen molar-refractivity contribution in [2.75, 3.05) is 7.05 Å². The van der Waals surface area contributed by atoms with Gasteiger partial charge in [-0.2, -0.15) is 0 Å². The predicted molar refractivity (Wildman–Crippen MR) is 72.2 cm³/mol. The Balaban J connectivity index is 2.12. The summed E-state index contributed by atoms with van der Waals surface area (Å²) < 4.78 is 0. The quantitative estimate of drug-likeness (QED) is 0.818. The van der Waals surface area contributed by atoms with Crippen molar-refractivity contribution in [3.05, 3.63) is 44.6 Å². The summed E-state index contributed by atoms with van der Waals surface area (Å²) in [6.07, 6.45) is 1.41. The summed E-state index contributed by atoms with van der Waals surface area (Å²) in [5, 5.41) is 2.36. The lowest BCUT2D eigenvalue weighted by molar-refractivity contribution is 0.0783. The van der Waals surface area contributed by atoms with Crippen molar-refractivity contribution in [1.29, 1.82) is 0 Å². The van der Waals surface area contributed by atoms with Gasteiger partial charge in [-0.25, -0.2) is 9.97 Å². The van der Waals surface area contributed by atoms with E-state index in [2.05, 4.69) is 9.97 Å². The number of hydrogen-bond acceptors (Lipinski definition) is 4. The molecule has 0 aliphatic heterocycles. The maximum absolute atomic E-state index is 12.1. The van der Waals surface area contributed by atoms with Crippen molar-refractivity contribution >= 4 is 40.4 Å². The maximum atomic E-state index is 12.1. The lowest BCUT2D eigenvalue weighted by Crippen LogP contribution is -2.26. The first-order valence-corrected chi connectivity index (χ1v) is 6.71. The van der Waals surface area contributed by atoms with Gasteiger partial charge >= 0.3 is 0 Å². The first-order chi connectivity index (χ1) is 8.58. The van der Waals surface area contributed by atoms with Gasteiger partial charge < -0.3 is 4.90 Å². The molecule has 94 valence electrons. The fraction of sp³-hybridized carbons (Fsp3) is 0.182. The fourth-order valence-electron chi connectivity index (χ4n) is 1.39. The Morgan fingerprint density at radius 1 is 1.44 bits per heavy atom. The minimum atomic E-state index is -0.172. The summed E-state index contributed by atoms with van der Waals surface area (Å²) in [4.78, 5) is 21.6. The van der Waals surface area contributed by atoms with E-state index in [4.69, 9.17) is 23.2 Å². The molecule has 0 aromatic carbocycles. The van der Waals surface area contributed by atoms with Gasteiger partial charge in [-0.05, 0) is 6.07 Å². The molecule has 0 radical (unpaired) electrons. The molecular formula is C11H9Cl2N3OS. The van der Waals surface area contributed by atoms with Gasteiger partial charge in [0.05, 0.1) is 28.3 Å². The second-order valence-corrected chi connectivity index (χ2v) is 5.12. The van der Waals surface area contributed by atoms with Gasteiger partial charge in [0.1, 0.15) is 5.15 Å². The monoisotopic (exact) mass is 301 g/mol. The van der Waals surface area contributed by atoms with Gasteiger partial charge in [0.15, 0.2) is 0 Å². The first-order valence-electron chi connectivity index (χ1n) is 5.01. The zero-order chi connectivity index (χ0) is 13.1. The highest BCUT2D eigenvalue weighted by molar-refractivity contribution is 7.07. The highest BCUT2D eigenvalue weighted by atomic mass is 35.5. The average molecular weight is 302 g/mol. The van der Waals surface area contributed by atoms with E-state index in [1.54, 1.807) is 17.5 Å². The molecule has 7 heteroatoms. The van der Waals surface area contributed by atoms with E-state index in [1.165, 1.54) is 23.6 Å². The second kappa shape index (κ2) is 5.65. The van der Waals surface area contributed by atoms with Crippen LogP contribution in [0.25, 0.3) is 0 Å². The minimum absolute atomic E-state index is 0.172. The molecule has 0 saturated carbocycles. The molecule has 0 saturated heterocycles. The third-order valence-corrected chi connectivity index (χ3v) is 3.59. The third-order valence-electron chi connectivity index (χ3n) is 2.27. The minimum Gasteiger partial charge on any atom is -0.336 e. The van der Waals surface area contributed by atoms with E-state index in [0.29, 0.717) is 12.1 Å². The Morgan fingerprint density at radius 3 is 2.83 bits per heavy atom. The molecule has 0 atom stereocenters. The molecular weight excluding hydrogens is 293 g/mol. The van der Waals surface area contributed by atoms with Crippen LogP contribution in [0, 0.1) is 0 Å². The molecule has 0 N–H and O–H groups in total. The van der Waals surface area contributed by atoms with Crippen molar-refractivity contribution in [3.63, 3.8) is 0 Å². The number of carbonyl (C=O) groups excluding carboxylic acids is 1. The van der Waals surface area contributed by atoms with Crippen LogP contribution in [0.4, 0.5) is 0 Å². The van der Waals surface area contributed by atoms with E-state index >= 15 is 0 Å². The topological polar surface area (TPSA) is 46.1 Å². The first kappa shape index (κ1) is 13.3. The van der Waals surface area contributed by atoms with Gasteiger partial charge in [-0.3, -0.25) is 4.79 Å². The molecule has 0 aliphatic carbocycles. The lowest BCUT2D eigenvalue weighted by Gasteiger charge is -2.15. The number of thiazole rings is 1. The Bertz CT molecular complexity index is 559. The van der Waals surface area contributed by atoms with Crippen LogP contribution in [0.15, 0.2) is 23.2 Å². The number of aromatic nitrogens is 2. The standard InChI is InChI=1S/C11H9Cl2N3OS/c1-16(4-8-5-18-6-15-8)11(17)7-2-9(12)10(13)14-3-7/h2-3,5-6H,4H2,1H3. The predicted octanol–water partition coefficient (Wildman–Crippen LogP) is 3.12. The fourth-order valence-corrected chi connectivity index (χ4v) is 2.21. The second-order valence-electron chi connectivity index (χ2n) is 3.64. The summed E-state index contributed by atoms with van der Waals surface area (Å²) in [5.41, 5.74) is 2.99. The summed E-state index contributed by atoms with van der Waals surface area (Å²) in [7, 11) is 1.70. The molecule has 0 aliphatic rings. The summed E-state index contributed by atoms with van der Waals surface area (Å²) in [5.74, 6) is -0.172. The van der Waals surface area contributed by atoms with Crippen LogP contribution in [0.1, 0.15) is 16.1 Å². The number of pyridine rings is 1. The Labute approximate surface area is 118 Å². The molecule has 1 amide bonds. The highest BCUT2D eigenvalue weighted by Gasteiger charge is 2.14. The molecule has 2 rings (SSSR count). The molecule has 2 aromatic rings. The van der Waals surface area contributed by atoms with E-state index in [9.17, 15) is 4.79 Å². The number of halogens is 2. The number of amides is 1. The molecule has 0 fully saturated rings. The summed E-state index contributed by atoms with van der Waals surface area (Å²) >= 11 is 13.0. The van der Waals surface area contributed by atoms with Crippen molar-refractivity contribution in [1.82, 2.24) is 14.9 Å². The Kier molecular flexibility index (Phi) is 4.16. The summed E-state index contributed by atoms with van der Waals surface area (Å²) in [6, 6.07) is 1.51. The SMILES string of the molecule is CN(Cc1cscn1)C(=O)c1cnc(Cl)c(Cl)c1. The third kappa shape index (κ3) is 2.98. The Hall–Kier alpha value is -1.17. The van der Waals surface area contributed by atoms with Crippen molar-refractivity contribution in [2.45, 2.75) is 6.54 Å². The van der Waals surface area contributed by atoms with Crippen LogP contribution in [0.2, 0.25) is 10.2 Å². The van der Waals surface area contributed by atoms with Gasteiger partial charge in [-0.15, -0.1) is 11.3 Å². The highest BCUT2D eigenvalue weighted by Crippen LogP contribution is 2.20. The molecule has 0 unspecified atom stereocenters. The van der Waals surface area contributed by atoms with Gasteiger partial charge in [0.25, 0.3) is 5.91 Å². The molecule has 0 bridgehead atoms. The van der Waals surface area contributed by atoms with Crippen LogP contribution < -0.4 is 0 Å². The normalized spacial score (nSPS) is 10.4. The smallest absolute Gasteiger partial charge is 0.255 e. The summed E-state index contributed by atoms with van der Waals surface area (Å²) in [6.45, 7) is 0.447. The molecule has 2 aromatic heterocycles. The maximum Gasteiger partial charge on any atom is 0.255 e. The molecule has 2 heterocycles. The lowest BCUT2D eigenvalue weighted by atomic mass is 10.2. The van der Waals surface area contributed by atoms with Gasteiger partial charge in [0, 0.05) is 18.6 Å². The van der Waals surface area contributed by atoms with Crippen LogP contribution in [-0.4, -0.2) is 27.8 Å². The van der Waals surface area contributed by atoms with Crippen molar-refractivity contribution in [3.8, 4) is 0 Å². The van der Waals surface area contributed by atoms with E-state index < -0.39 is 0 Å². The van der Waals surface area contributed by atoms with Gasteiger partial charge in [0.2, 0.25) is 0 Å². The number of rotatable bonds is 3. The zero-order valence-electron chi connectivity index (χ0n) is 9.43. The molecule has 0 spiro atoms. The molecule has 18 heavy (non-hydrogen) atoms. The Morgan fingerprint density at radius 2 is 2.22 bits per heavy atom. The van der Waals surface area contributed by atoms with E-state index in [-0.39, 0.29) is 16.1 Å². The molecule has 4 nitrogen and oxygen atoms in total. The largest absolute Gasteiger partial charge is 0.336 e. The van der Waals surface area contributed by atoms with Crippen LogP contribution in [0.5, 0.6) is 0 Å². The van der Waals surface area contributed by atoms with Crippen LogP contribution in [0.3, 0.4) is 0 Å².